The van der Waals surface area contributed by atoms with E-state index in [0.29, 0.717) is 23.6 Å². The van der Waals surface area contributed by atoms with Gasteiger partial charge in [0.25, 0.3) is 5.91 Å². The van der Waals surface area contributed by atoms with E-state index in [0.717, 1.165) is 60.1 Å². The van der Waals surface area contributed by atoms with Gasteiger partial charge in [-0.25, -0.2) is 12.7 Å². The van der Waals surface area contributed by atoms with Crippen molar-refractivity contribution in [2.45, 2.75) is 50.5 Å². The number of ether oxygens (including phenoxy) is 2. The Morgan fingerprint density at radius 1 is 1.18 bits per heavy atom. The number of sulfonamides is 1. The molecular weight excluding hydrogens is 454 g/mol. The minimum Gasteiger partial charge on any atom is -0.492 e. The molecule has 1 amide bonds. The molecule has 0 spiro atoms. The third-order valence-electron chi connectivity index (χ3n) is 6.23. The minimum atomic E-state index is -3.69. The van der Waals surface area contributed by atoms with Gasteiger partial charge < -0.3 is 19.7 Å². The van der Waals surface area contributed by atoms with Gasteiger partial charge in [0.2, 0.25) is 10.0 Å². The molecule has 2 heterocycles. The molecule has 1 saturated heterocycles. The molecule has 2 aromatic rings. The Hall–Kier alpha value is -2.78. The van der Waals surface area contributed by atoms with Gasteiger partial charge in [0.15, 0.2) is 0 Å². The quantitative estimate of drug-likeness (QED) is 0.637. The summed E-state index contributed by atoms with van der Waals surface area (Å²) in [4.78, 5) is 15.8. The molecule has 8 nitrogen and oxygen atoms in total. The molecule has 2 aliphatic rings. The van der Waals surface area contributed by atoms with Crippen molar-refractivity contribution in [2.24, 2.45) is 0 Å². The summed E-state index contributed by atoms with van der Waals surface area (Å²) >= 11 is 0. The monoisotopic (exact) mass is 487 g/mol. The molecule has 0 bridgehead atoms. The standard InChI is InChI=1S/C25H33N3O5S/c1-5-32-24-14-18-13-17(2)33-23(18)16-21(24)26-25(29)20-15-19(34(30,31)27(3)4)9-10-22(20)28-11-7-6-8-12-28/h9-10,14-17H,5-8,11-13H2,1-4H3,(H,26,29)/t17-/m0/s1. The van der Waals surface area contributed by atoms with Gasteiger partial charge in [0.1, 0.15) is 17.6 Å². The first kappa shape index (κ1) is 24.3. The lowest BCUT2D eigenvalue weighted by Gasteiger charge is -2.30. The van der Waals surface area contributed by atoms with Gasteiger partial charge in [0.05, 0.1) is 22.8 Å². The van der Waals surface area contributed by atoms with Crippen LogP contribution in [0.3, 0.4) is 0 Å². The Bertz CT molecular complexity index is 1170. The van der Waals surface area contributed by atoms with Crippen LogP contribution in [0.4, 0.5) is 11.4 Å². The second-order valence-corrected chi connectivity index (χ2v) is 11.1. The highest BCUT2D eigenvalue weighted by Gasteiger charge is 2.26. The maximum atomic E-state index is 13.6. The summed E-state index contributed by atoms with van der Waals surface area (Å²) in [5.41, 5.74) is 2.60. The minimum absolute atomic E-state index is 0.0639. The number of piperidine rings is 1. The van der Waals surface area contributed by atoms with Crippen LogP contribution in [0.15, 0.2) is 35.2 Å². The van der Waals surface area contributed by atoms with Crippen molar-refractivity contribution in [3.05, 3.63) is 41.5 Å². The molecule has 34 heavy (non-hydrogen) atoms. The summed E-state index contributed by atoms with van der Waals surface area (Å²) in [6.07, 6.45) is 4.07. The lowest BCUT2D eigenvalue weighted by Crippen LogP contribution is -2.32. The van der Waals surface area contributed by atoms with E-state index < -0.39 is 10.0 Å². The van der Waals surface area contributed by atoms with Gasteiger partial charge in [-0.05, 0) is 57.4 Å². The van der Waals surface area contributed by atoms with Crippen molar-refractivity contribution < 1.29 is 22.7 Å². The zero-order chi connectivity index (χ0) is 24.5. The van der Waals surface area contributed by atoms with Crippen molar-refractivity contribution in [1.82, 2.24) is 4.31 Å². The molecule has 0 unspecified atom stereocenters. The van der Waals surface area contributed by atoms with Gasteiger partial charge in [-0.1, -0.05) is 0 Å². The fourth-order valence-electron chi connectivity index (χ4n) is 4.48. The maximum Gasteiger partial charge on any atom is 0.257 e. The summed E-state index contributed by atoms with van der Waals surface area (Å²) in [5, 5.41) is 2.96. The number of amides is 1. The smallest absolute Gasteiger partial charge is 0.257 e. The molecular formula is C25H33N3O5S. The molecule has 1 fully saturated rings. The van der Waals surface area contributed by atoms with Crippen LogP contribution in [-0.4, -0.2) is 58.5 Å². The van der Waals surface area contributed by atoms with E-state index in [4.69, 9.17) is 9.47 Å². The van der Waals surface area contributed by atoms with E-state index >= 15 is 0 Å². The van der Waals surface area contributed by atoms with Crippen molar-refractivity contribution >= 4 is 27.3 Å². The number of benzene rings is 2. The highest BCUT2D eigenvalue weighted by Crippen LogP contribution is 2.39. The number of fused-ring (bicyclic) bond motifs is 1. The molecule has 1 N–H and O–H groups in total. The molecule has 9 heteroatoms. The van der Waals surface area contributed by atoms with E-state index in [2.05, 4.69) is 10.2 Å². The van der Waals surface area contributed by atoms with E-state index in [1.54, 1.807) is 18.2 Å². The topological polar surface area (TPSA) is 88.2 Å². The summed E-state index contributed by atoms with van der Waals surface area (Å²) in [7, 11) is -0.735. The third kappa shape index (κ3) is 4.86. The summed E-state index contributed by atoms with van der Waals surface area (Å²) in [5.74, 6) is 0.915. The fraction of sp³-hybridized carbons (Fsp3) is 0.480. The number of nitrogens with zero attached hydrogens (tertiary/aromatic N) is 2. The number of anilines is 2. The average molecular weight is 488 g/mol. The van der Waals surface area contributed by atoms with Crippen LogP contribution in [0, 0.1) is 0 Å². The molecule has 0 aliphatic carbocycles. The predicted molar refractivity (Wildman–Crippen MR) is 133 cm³/mol. The van der Waals surface area contributed by atoms with Crippen LogP contribution in [0.1, 0.15) is 49.0 Å². The average Bonchev–Trinajstić information content (AvgIpc) is 3.18. The number of carbonyl (C=O) groups excluding carboxylic acids is 1. The number of nitrogens with one attached hydrogen (secondary N) is 1. The Morgan fingerprint density at radius 3 is 2.59 bits per heavy atom. The van der Waals surface area contributed by atoms with Crippen LogP contribution in [0.2, 0.25) is 0 Å². The van der Waals surface area contributed by atoms with Gasteiger partial charge >= 0.3 is 0 Å². The normalized spacial score (nSPS) is 17.9. The Labute approximate surface area is 201 Å². The first-order valence-electron chi connectivity index (χ1n) is 11.8. The van der Waals surface area contributed by atoms with E-state index in [9.17, 15) is 13.2 Å². The first-order chi connectivity index (χ1) is 16.2. The van der Waals surface area contributed by atoms with E-state index in [1.165, 1.54) is 20.2 Å². The van der Waals surface area contributed by atoms with Gasteiger partial charge in [-0.2, -0.15) is 0 Å². The zero-order valence-corrected chi connectivity index (χ0v) is 21.1. The molecule has 0 saturated carbocycles. The highest BCUT2D eigenvalue weighted by atomic mass is 32.2. The van der Waals surface area contributed by atoms with Crippen LogP contribution in [0.5, 0.6) is 11.5 Å². The summed E-state index contributed by atoms with van der Waals surface area (Å²) in [6, 6.07) is 8.50. The SMILES string of the molecule is CCOc1cc2c(cc1NC(=O)c1cc(S(=O)(=O)N(C)C)ccc1N1CCCCC1)O[C@@H](C)C2. The molecule has 2 aromatic carbocycles. The summed E-state index contributed by atoms with van der Waals surface area (Å²) < 4.78 is 38.4. The predicted octanol–water partition coefficient (Wildman–Crippen LogP) is 3.90. The van der Waals surface area contributed by atoms with Crippen molar-refractivity contribution in [3.63, 3.8) is 0 Å². The van der Waals surface area contributed by atoms with Crippen LogP contribution in [-0.2, 0) is 16.4 Å². The van der Waals surface area contributed by atoms with E-state index in [-0.39, 0.29) is 16.9 Å². The first-order valence-corrected chi connectivity index (χ1v) is 13.2. The van der Waals surface area contributed by atoms with Gasteiger partial charge in [-0.3, -0.25) is 4.79 Å². The zero-order valence-electron chi connectivity index (χ0n) is 20.3. The largest absolute Gasteiger partial charge is 0.492 e. The Kier molecular flexibility index (Phi) is 7.04. The number of carbonyl (C=O) groups is 1. The lowest BCUT2D eigenvalue weighted by atomic mass is 10.1. The number of hydrogen-bond donors (Lipinski definition) is 1. The molecule has 1 atom stereocenters. The fourth-order valence-corrected chi connectivity index (χ4v) is 5.41. The second-order valence-electron chi connectivity index (χ2n) is 8.99. The van der Waals surface area contributed by atoms with Crippen molar-refractivity contribution in [3.8, 4) is 11.5 Å². The second kappa shape index (κ2) is 9.84. The number of rotatable bonds is 7. The number of hydrogen-bond acceptors (Lipinski definition) is 6. The Morgan fingerprint density at radius 2 is 1.91 bits per heavy atom. The lowest BCUT2D eigenvalue weighted by molar-refractivity contribution is 0.102. The van der Waals surface area contributed by atoms with Crippen LogP contribution >= 0.6 is 0 Å². The molecule has 0 radical (unpaired) electrons. The molecule has 2 aliphatic heterocycles. The van der Waals surface area contributed by atoms with E-state index in [1.807, 2.05) is 19.9 Å². The molecule has 4 rings (SSSR count). The van der Waals surface area contributed by atoms with Crippen LogP contribution in [0.25, 0.3) is 0 Å². The summed E-state index contributed by atoms with van der Waals surface area (Å²) in [6.45, 7) is 6.00. The molecule has 184 valence electrons. The van der Waals surface area contributed by atoms with Gasteiger partial charge in [-0.15, -0.1) is 0 Å². The van der Waals surface area contributed by atoms with Gasteiger partial charge in [0, 0.05) is 50.9 Å². The van der Waals surface area contributed by atoms with Crippen molar-refractivity contribution in [2.75, 3.05) is 44.0 Å². The Balaban J connectivity index is 1.74. The van der Waals surface area contributed by atoms with Crippen LogP contribution < -0.4 is 19.7 Å². The molecule has 0 aromatic heterocycles. The van der Waals surface area contributed by atoms with Crippen molar-refractivity contribution in [1.29, 1.82) is 0 Å². The highest BCUT2D eigenvalue weighted by molar-refractivity contribution is 7.89. The third-order valence-corrected chi connectivity index (χ3v) is 8.05. The maximum absolute atomic E-state index is 13.6.